The van der Waals surface area contributed by atoms with Crippen molar-refractivity contribution in [1.29, 1.82) is 0 Å². The lowest BCUT2D eigenvalue weighted by Crippen LogP contribution is -2.36. The van der Waals surface area contributed by atoms with Crippen LogP contribution < -0.4 is 15.4 Å². The summed E-state index contributed by atoms with van der Waals surface area (Å²) in [6, 6.07) is 14.0. The molecular formula is C22H28N6O. The molecule has 0 bridgehead atoms. The van der Waals surface area contributed by atoms with Gasteiger partial charge < -0.3 is 15.4 Å². The van der Waals surface area contributed by atoms with Crippen molar-refractivity contribution in [3.05, 3.63) is 76.7 Å². The van der Waals surface area contributed by atoms with E-state index in [1.165, 1.54) is 5.56 Å². The van der Waals surface area contributed by atoms with Crippen LogP contribution in [-0.2, 0) is 26.7 Å². The third-order valence-electron chi connectivity index (χ3n) is 4.83. The van der Waals surface area contributed by atoms with E-state index in [4.69, 9.17) is 4.74 Å². The molecule has 0 aliphatic carbocycles. The highest BCUT2D eigenvalue weighted by atomic mass is 16.5. The molecule has 2 heterocycles. The van der Waals surface area contributed by atoms with E-state index in [0.29, 0.717) is 31.5 Å². The van der Waals surface area contributed by atoms with Crippen LogP contribution in [0.2, 0.25) is 0 Å². The summed E-state index contributed by atoms with van der Waals surface area (Å²) in [5.74, 6) is 1.34. The van der Waals surface area contributed by atoms with Crippen LogP contribution in [0.5, 0.6) is 5.88 Å². The number of hydrogen-bond donors (Lipinski definition) is 2. The van der Waals surface area contributed by atoms with Gasteiger partial charge in [-0.25, -0.2) is 4.98 Å². The molecule has 0 radical (unpaired) electrons. The van der Waals surface area contributed by atoms with Crippen LogP contribution >= 0.6 is 0 Å². The number of guanidine groups is 1. The van der Waals surface area contributed by atoms with Crippen molar-refractivity contribution in [2.75, 3.05) is 7.05 Å². The van der Waals surface area contributed by atoms with E-state index in [1.54, 1.807) is 13.2 Å². The Hall–Kier alpha value is -3.35. The van der Waals surface area contributed by atoms with Crippen LogP contribution in [0.4, 0.5) is 0 Å². The number of aryl methyl sites for hydroxylation is 2. The Morgan fingerprint density at radius 3 is 2.52 bits per heavy atom. The molecule has 7 heteroatoms. The first-order valence-electron chi connectivity index (χ1n) is 9.62. The number of pyridine rings is 1. The molecule has 3 aromatic rings. The second-order valence-electron chi connectivity index (χ2n) is 6.79. The molecule has 0 aliphatic heterocycles. The van der Waals surface area contributed by atoms with Crippen LogP contribution in [0.1, 0.15) is 28.1 Å². The topological polar surface area (TPSA) is 76.4 Å². The third kappa shape index (κ3) is 5.34. The smallest absolute Gasteiger partial charge is 0.218 e. The highest BCUT2D eigenvalue weighted by Gasteiger charge is 2.11. The van der Waals surface area contributed by atoms with Crippen molar-refractivity contribution in [3.8, 4) is 5.88 Å². The SMILES string of the molecule is CN=C(NCc1cccnc1OCc1ccccc1)NCc1c(C)nn(C)c1C. The monoisotopic (exact) mass is 392 g/mol. The second kappa shape index (κ2) is 9.73. The van der Waals surface area contributed by atoms with Gasteiger partial charge in [0.25, 0.3) is 0 Å². The summed E-state index contributed by atoms with van der Waals surface area (Å²) in [6.45, 7) is 5.79. The summed E-state index contributed by atoms with van der Waals surface area (Å²) < 4.78 is 7.83. The number of aliphatic imine (C=N–C) groups is 1. The largest absolute Gasteiger partial charge is 0.473 e. The minimum absolute atomic E-state index is 0.484. The number of nitrogens with one attached hydrogen (secondary N) is 2. The van der Waals surface area contributed by atoms with E-state index in [1.807, 2.05) is 61.1 Å². The standard InChI is InChI=1S/C22H28N6O/c1-16-20(17(2)28(4)27-16)14-26-22(23-3)25-13-19-11-8-12-24-21(19)29-15-18-9-6-5-7-10-18/h5-12H,13-15H2,1-4H3,(H2,23,25,26). The van der Waals surface area contributed by atoms with Gasteiger partial charge in [-0.3, -0.25) is 9.67 Å². The number of aromatic nitrogens is 3. The van der Waals surface area contributed by atoms with Crippen LogP contribution in [0.3, 0.4) is 0 Å². The average molecular weight is 393 g/mol. The molecule has 0 aliphatic rings. The van der Waals surface area contributed by atoms with Gasteiger partial charge in [0.15, 0.2) is 5.96 Å². The predicted octanol–water partition coefficient (Wildman–Crippen LogP) is 2.88. The molecule has 3 rings (SSSR count). The van der Waals surface area contributed by atoms with Gasteiger partial charge in [-0.15, -0.1) is 0 Å². The quantitative estimate of drug-likeness (QED) is 0.478. The van der Waals surface area contributed by atoms with Crippen molar-refractivity contribution < 1.29 is 4.74 Å². The van der Waals surface area contributed by atoms with Crippen LogP contribution in [0.15, 0.2) is 53.7 Å². The van der Waals surface area contributed by atoms with Gasteiger partial charge in [-0.2, -0.15) is 5.10 Å². The highest BCUT2D eigenvalue weighted by Crippen LogP contribution is 2.16. The fraction of sp³-hybridized carbons (Fsp3) is 0.318. The molecule has 1 aromatic carbocycles. The zero-order chi connectivity index (χ0) is 20.6. The molecule has 2 aromatic heterocycles. The lowest BCUT2D eigenvalue weighted by Gasteiger charge is -2.14. The van der Waals surface area contributed by atoms with E-state index in [0.717, 1.165) is 22.5 Å². The van der Waals surface area contributed by atoms with Crippen LogP contribution in [0.25, 0.3) is 0 Å². The molecule has 7 nitrogen and oxygen atoms in total. The predicted molar refractivity (Wildman–Crippen MR) is 115 cm³/mol. The van der Waals surface area contributed by atoms with Gasteiger partial charge >= 0.3 is 0 Å². The molecule has 0 atom stereocenters. The van der Waals surface area contributed by atoms with E-state index in [2.05, 4.69) is 32.6 Å². The Morgan fingerprint density at radius 2 is 1.83 bits per heavy atom. The highest BCUT2D eigenvalue weighted by molar-refractivity contribution is 5.79. The minimum atomic E-state index is 0.484. The number of benzene rings is 1. The van der Waals surface area contributed by atoms with Crippen molar-refractivity contribution in [1.82, 2.24) is 25.4 Å². The van der Waals surface area contributed by atoms with Gasteiger partial charge in [0.2, 0.25) is 5.88 Å². The molecule has 0 saturated carbocycles. The maximum atomic E-state index is 5.93. The number of rotatable bonds is 7. The summed E-state index contributed by atoms with van der Waals surface area (Å²) in [6.07, 6.45) is 1.74. The molecule has 0 saturated heterocycles. The zero-order valence-electron chi connectivity index (χ0n) is 17.4. The lowest BCUT2D eigenvalue weighted by atomic mass is 10.2. The number of ether oxygens (including phenoxy) is 1. The summed E-state index contributed by atoms with van der Waals surface area (Å²) in [4.78, 5) is 8.70. The van der Waals surface area contributed by atoms with E-state index >= 15 is 0 Å². The minimum Gasteiger partial charge on any atom is -0.473 e. The van der Waals surface area contributed by atoms with Crippen LogP contribution in [-0.4, -0.2) is 27.8 Å². The van der Waals surface area contributed by atoms with Crippen molar-refractivity contribution in [2.45, 2.75) is 33.5 Å². The summed E-state index contributed by atoms with van der Waals surface area (Å²) >= 11 is 0. The van der Waals surface area contributed by atoms with Crippen LogP contribution in [0, 0.1) is 13.8 Å². The molecule has 29 heavy (non-hydrogen) atoms. The van der Waals surface area contributed by atoms with Gasteiger partial charge in [0, 0.05) is 50.2 Å². The normalized spacial score (nSPS) is 11.4. The van der Waals surface area contributed by atoms with E-state index < -0.39 is 0 Å². The fourth-order valence-electron chi connectivity index (χ4n) is 3.06. The van der Waals surface area contributed by atoms with E-state index in [9.17, 15) is 0 Å². The fourth-order valence-corrected chi connectivity index (χ4v) is 3.06. The number of hydrogen-bond acceptors (Lipinski definition) is 4. The maximum Gasteiger partial charge on any atom is 0.218 e. The summed E-state index contributed by atoms with van der Waals surface area (Å²) in [5.41, 5.74) is 5.44. The van der Waals surface area contributed by atoms with Crippen molar-refractivity contribution in [3.63, 3.8) is 0 Å². The summed E-state index contributed by atoms with van der Waals surface area (Å²) in [5, 5.41) is 11.1. The maximum absolute atomic E-state index is 5.93. The lowest BCUT2D eigenvalue weighted by molar-refractivity contribution is 0.290. The summed E-state index contributed by atoms with van der Waals surface area (Å²) in [7, 11) is 3.71. The van der Waals surface area contributed by atoms with Gasteiger partial charge in [-0.1, -0.05) is 36.4 Å². The average Bonchev–Trinajstić information content (AvgIpc) is 2.99. The second-order valence-corrected chi connectivity index (χ2v) is 6.79. The van der Waals surface area contributed by atoms with Crippen molar-refractivity contribution in [2.24, 2.45) is 12.0 Å². The van der Waals surface area contributed by atoms with Gasteiger partial charge in [0.05, 0.1) is 5.69 Å². The third-order valence-corrected chi connectivity index (χ3v) is 4.83. The first kappa shape index (κ1) is 20.4. The Kier molecular flexibility index (Phi) is 6.84. The first-order valence-corrected chi connectivity index (χ1v) is 9.62. The molecule has 0 amide bonds. The Morgan fingerprint density at radius 1 is 1.07 bits per heavy atom. The molecule has 0 spiro atoms. The zero-order valence-corrected chi connectivity index (χ0v) is 17.4. The molecule has 0 fully saturated rings. The number of nitrogens with zero attached hydrogens (tertiary/aromatic N) is 4. The molecule has 2 N–H and O–H groups in total. The van der Waals surface area contributed by atoms with E-state index in [-0.39, 0.29) is 0 Å². The van der Waals surface area contributed by atoms with Gasteiger partial charge in [-0.05, 0) is 25.5 Å². The Bertz CT molecular complexity index is 965. The Labute approximate surface area is 171 Å². The van der Waals surface area contributed by atoms with Gasteiger partial charge in [0.1, 0.15) is 6.61 Å². The van der Waals surface area contributed by atoms with Crippen molar-refractivity contribution >= 4 is 5.96 Å². The first-order chi connectivity index (χ1) is 14.1. The molecule has 0 unspecified atom stereocenters. The molecule has 152 valence electrons. The Balaban J connectivity index is 1.58. The molecular weight excluding hydrogens is 364 g/mol.